The predicted octanol–water partition coefficient (Wildman–Crippen LogP) is 2.40. The number of rotatable bonds is 7. The van der Waals surface area contributed by atoms with E-state index in [0.29, 0.717) is 12.6 Å². The van der Waals surface area contributed by atoms with Gasteiger partial charge in [0.1, 0.15) is 0 Å². The highest BCUT2D eigenvalue weighted by molar-refractivity contribution is 5.83. The lowest BCUT2D eigenvalue weighted by Crippen LogP contribution is -2.50. The summed E-state index contributed by atoms with van der Waals surface area (Å²) >= 11 is 0. The molecule has 0 aliphatic rings. The molecule has 0 aromatic rings. The molecule has 0 aromatic heterocycles. The number of carbonyl (C=O) groups excluding carboxylic acids is 1. The smallest absolute Gasteiger partial charge is 0.230 e. The Labute approximate surface area is 100 Å². The lowest BCUT2D eigenvalue weighted by atomic mass is 9.80. The maximum Gasteiger partial charge on any atom is 0.230 e. The van der Waals surface area contributed by atoms with Gasteiger partial charge in [-0.1, -0.05) is 20.8 Å². The van der Waals surface area contributed by atoms with Crippen LogP contribution in [0.3, 0.4) is 0 Å². The number of hydrogen-bond donors (Lipinski definition) is 1. The molecule has 1 atom stereocenters. The fourth-order valence-corrected chi connectivity index (χ4v) is 2.11. The third-order valence-corrected chi connectivity index (χ3v) is 3.92. The molecule has 0 radical (unpaired) electrons. The molecule has 3 nitrogen and oxygen atoms in total. The van der Waals surface area contributed by atoms with Crippen molar-refractivity contribution in [2.75, 3.05) is 13.1 Å². The first kappa shape index (κ1) is 15.4. The molecule has 96 valence electrons. The molecule has 3 heteroatoms. The van der Waals surface area contributed by atoms with E-state index in [9.17, 15) is 4.79 Å². The minimum Gasteiger partial charge on any atom is -0.340 e. The number of nitrogens with zero attached hydrogens (tertiary/aromatic N) is 1. The van der Waals surface area contributed by atoms with Crippen LogP contribution in [0.2, 0.25) is 0 Å². The summed E-state index contributed by atoms with van der Waals surface area (Å²) in [5.74, 6) is 0.233. The monoisotopic (exact) mass is 228 g/mol. The Morgan fingerprint density at radius 3 is 2.00 bits per heavy atom. The number of hydrogen-bond acceptors (Lipinski definition) is 2. The predicted molar refractivity (Wildman–Crippen MR) is 69.2 cm³/mol. The molecule has 0 bridgehead atoms. The van der Waals surface area contributed by atoms with Crippen molar-refractivity contribution in [2.24, 2.45) is 11.1 Å². The lowest BCUT2D eigenvalue weighted by Gasteiger charge is -2.37. The quantitative estimate of drug-likeness (QED) is 0.727. The van der Waals surface area contributed by atoms with E-state index in [1.807, 2.05) is 11.8 Å². The molecule has 0 heterocycles. The molecular formula is C13H28N2O. The van der Waals surface area contributed by atoms with Crippen LogP contribution in [0.15, 0.2) is 0 Å². The topological polar surface area (TPSA) is 46.3 Å². The summed E-state index contributed by atoms with van der Waals surface area (Å²) in [5.41, 5.74) is 5.47. The Hall–Kier alpha value is -0.570. The molecule has 1 amide bonds. The normalized spacial score (nSPS) is 13.6. The standard InChI is InChI=1S/C13H28N2O/c1-6-11(5)15(9-4)12(16)13(7-2,8-3)10-14/h11H,6-10,14H2,1-5H3. The number of amides is 1. The van der Waals surface area contributed by atoms with Crippen molar-refractivity contribution in [2.45, 2.75) is 59.9 Å². The Morgan fingerprint density at radius 1 is 1.25 bits per heavy atom. The van der Waals surface area contributed by atoms with Gasteiger partial charge in [0.2, 0.25) is 5.91 Å². The summed E-state index contributed by atoms with van der Waals surface area (Å²) in [7, 11) is 0. The van der Waals surface area contributed by atoms with Gasteiger partial charge in [-0.3, -0.25) is 4.79 Å². The summed E-state index contributed by atoms with van der Waals surface area (Å²) < 4.78 is 0. The summed E-state index contributed by atoms with van der Waals surface area (Å²) in [6, 6.07) is 0.307. The van der Waals surface area contributed by atoms with Crippen molar-refractivity contribution in [1.82, 2.24) is 4.90 Å². The van der Waals surface area contributed by atoms with Gasteiger partial charge in [-0.05, 0) is 33.1 Å². The van der Waals surface area contributed by atoms with E-state index in [1.165, 1.54) is 0 Å². The summed E-state index contributed by atoms with van der Waals surface area (Å²) in [6.45, 7) is 11.6. The van der Waals surface area contributed by atoms with Gasteiger partial charge in [0.25, 0.3) is 0 Å². The van der Waals surface area contributed by atoms with Crippen molar-refractivity contribution in [3.05, 3.63) is 0 Å². The average molecular weight is 228 g/mol. The van der Waals surface area contributed by atoms with E-state index in [0.717, 1.165) is 25.8 Å². The highest BCUT2D eigenvalue weighted by Crippen LogP contribution is 2.28. The largest absolute Gasteiger partial charge is 0.340 e. The van der Waals surface area contributed by atoms with Gasteiger partial charge in [0, 0.05) is 19.1 Å². The molecule has 0 aromatic carbocycles. The van der Waals surface area contributed by atoms with E-state index >= 15 is 0 Å². The molecule has 0 aliphatic heterocycles. The Bertz CT molecular complexity index is 204. The minimum atomic E-state index is -0.348. The van der Waals surface area contributed by atoms with E-state index in [-0.39, 0.29) is 11.3 Å². The zero-order chi connectivity index (χ0) is 12.8. The van der Waals surface area contributed by atoms with Gasteiger partial charge in [0.05, 0.1) is 5.41 Å². The second kappa shape index (κ2) is 6.89. The number of nitrogens with two attached hydrogens (primary N) is 1. The third kappa shape index (κ3) is 2.97. The van der Waals surface area contributed by atoms with Crippen LogP contribution in [0.1, 0.15) is 53.9 Å². The van der Waals surface area contributed by atoms with Gasteiger partial charge in [0.15, 0.2) is 0 Å². The van der Waals surface area contributed by atoms with E-state index in [4.69, 9.17) is 5.73 Å². The van der Waals surface area contributed by atoms with E-state index in [1.54, 1.807) is 0 Å². The molecule has 0 saturated carbocycles. The fraction of sp³-hybridized carbons (Fsp3) is 0.923. The SMILES string of the molecule is CCC(C)N(CC)C(=O)C(CC)(CC)CN. The zero-order valence-electron chi connectivity index (χ0n) is 11.5. The average Bonchev–Trinajstić information content (AvgIpc) is 2.32. The van der Waals surface area contributed by atoms with Crippen molar-refractivity contribution in [3.8, 4) is 0 Å². The van der Waals surface area contributed by atoms with Gasteiger partial charge in [-0.15, -0.1) is 0 Å². The third-order valence-electron chi connectivity index (χ3n) is 3.92. The van der Waals surface area contributed by atoms with E-state index in [2.05, 4.69) is 27.7 Å². The number of carbonyl (C=O) groups is 1. The Balaban J connectivity index is 4.96. The highest BCUT2D eigenvalue weighted by Gasteiger charge is 2.37. The van der Waals surface area contributed by atoms with Crippen molar-refractivity contribution in [3.63, 3.8) is 0 Å². The van der Waals surface area contributed by atoms with Crippen LogP contribution in [0, 0.1) is 5.41 Å². The van der Waals surface area contributed by atoms with Crippen LogP contribution in [-0.2, 0) is 4.79 Å². The molecule has 2 N–H and O–H groups in total. The van der Waals surface area contributed by atoms with Crippen LogP contribution in [0.25, 0.3) is 0 Å². The van der Waals surface area contributed by atoms with Gasteiger partial charge >= 0.3 is 0 Å². The summed E-state index contributed by atoms with van der Waals surface area (Å²) in [5, 5.41) is 0. The van der Waals surface area contributed by atoms with Gasteiger partial charge < -0.3 is 10.6 Å². The first-order chi connectivity index (χ1) is 7.52. The van der Waals surface area contributed by atoms with Crippen LogP contribution in [0.5, 0.6) is 0 Å². The first-order valence-corrected chi connectivity index (χ1v) is 6.54. The summed E-state index contributed by atoms with van der Waals surface area (Å²) in [4.78, 5) is 14.5. The summed E-state index contributed by atoms with van der Waals surface area (Å²) in [6.07, 6.45) is 2.64. The van der Waals surface area contributed by atoms with Crippen molar-refractivity contribution >= 4 is 5.91 Å². The van der Waals surface area contributed by atoms with Crippen LogP contribution in [-0.4, -0.2) is 29.9 Å². The second-order valence-corrected chi connectivity index (χ2v) is 4.54. The lowest BCUT2D eigenvalue weighted by molar-refractivity contribution is -0.144. The van der Waals surface area contributed by atoms with Crippen molar-refractivity contribution < 1.29 is 4.79 Å². The maximum atomic E-state index is 12.5. The molecule has 0 rings (SSSR count). The maximum absolute atomic E-state index is 12.5. The second-order valence-electron chi connectivity index (χ2n) is 4.54. The van der Waals surface area contributed by atoms with Gasteiger partial charge in [-0.25, -0.2) is 0 Å². The Morgan fingerprint density at radius 2 is 1.75 bits per heavy atom. The van der Waals surface area contributed by atoms with Crippen molar-refractivity contribution in [1.29, 1.82) is 0 Å². The van der Waals surface area contributed by atoms with Crippen LogP contribution >= 0.6 is 0 Å². The molecule has 0 spiro atoms. The fourth-order valence-electron chi connectivity index (χ4n) is 2.11. The van der Waals surface area contributed by atoms with Crippen LogP contribution < -0.4 is 5.73 Å². The molecule has 0 fully saturated rings. The van der Waals surface area contributed by atoms with E-state index < -0.39 is 0 Å². The molecule has 16 heavy (non-hydrogen) atoms. The first-order valence-electron chi connectivity index (χ1n) is 6.54. The minimum absolute atomic E-state index is 0.233. The molecule has 1 unspecified atom stereocenters. The Kier molecular flexibility index (Phi) is 6.65. The molecule has 0 saturated heterocycles. The zero-order valence-corrected chi connectivity index (χ0v) is 11.5. The van der Waals surface area contributed by atoms with Gasteiger partial charge in [-0.2, -0.15) is 0 Å². The van der Waals surface area contributed by atoms with Crippen LogP contribution in [0.4, 0.5) is 0 Å². The molecule has 0 aliphatic carbocycles. The highest BCUT2D eigenvalue weighted by atomic mass is 16.2. The molecular weight excluding hydrogens is 200 g/mol.